The number of anilines is 1. The van der Waals surface area contributed by atoms with Gasteiger partial charge in [0.1, 0.15) is 18.1 Å². The monoisotopic (exact) mass is 393 g/mol. The van der Waals surface area contributed by atoms with E-state index in [2.05, 4.69) is 20.4 Å². The van der Waals surface area contributed by atoms with Gasteiger partial charge in [0, 0.05) is 22.5 Å². The highest BCUT2D eigenvalue weighted by Crippen LogP contribution is 2.22. The molecule has 0 radical (unpaired) electrons. The summed E-state index contributed by atoms with van der Waals surface area (Å²) in [5, 5.41) is 7.37. The van der Waals surface area contributed by atoms with Crippen molar-refractivity contribution in [1.82, 2.24) is 19.7 Å². The Morgan fingerprint density at radius 2 is 1.96 bits per heavy atom. The van der Waals surface area contributed by atoms with Crippen molar-refractivity contribution >= 4 is 23.2 Å². The average molecular weight is 394 g/mol. The van der Waals surface area contributed by atoms with E-state index in [0.717, 1.165) is 5.56 Å². The summed E-state index contributed by atoms with van der Waals surface area (Å²) in [7, 11) is 0. The average Bonchev–Trinajstić information content (AvgIpc) is 3.30. The standard InChI is InChI=1S/C20H16ClN5O2/c1-13-22-17(19-24-20(28-25-19)14-6-3-2-4-7-14)11-26(13)12-18(27)23-16-9-5-8-15(21)10-16/h2-11H,12H2,1H3,(H,23,27). The van der Waals surface area contributed by atoms with Gasteiger partial charge < -0.3 is 14.4 Å². The zero-order valence-corrected chi connectivity index (χ0v) is 15.7. The van der Waals surface area contributed by atoms with Crippen LogP contribution in [0.3, 0.4) is 0 Å². The molecule has 0 aliphatic heterocycles. The minimum atomic E-state index is -0.188. The second kappa shape index (κ2) is 7.66. The number of imidazole rings is 1. The highest BCUT2D eigenvalue weighted by Gasteiger charge is 2.15. The van der Waals surface area contributed by atoms with Crippen LogP contribution >= 0.6 is 11.6 Å². The number of nitrogens with one attached hydrogen (secondary N) is 1. The van der Waals surface area contributed by atoms with Gasteiger partial charge in [-0.05, 0) is 37.3 Å². The summed E-state index contributed by atoms with van der Waals surface area (Å²) in [4.78, 5) is 21.2. The molecule has 28 heavy (non-hydrogen) atoms. The molecule has 8 heteroatoms. The summed E-state index contributed by atoms with van der Waals surface area (Å²) in [5.41, 5.74) is 2.01. The Kier molecular flexibility index (Phi) is 4.90. The van der Waals surface area contributed by atoms with E-state index in [1.807, 2.05) is 37.3 Å². The fourth-order valence-corrected chi connectivity index (χ4v) is 2.91. The summed E-state index contributed by atoms with van der Waals surface area (Å²) >= 11 is 5.94. The quantitative estimate of drug-likeness (QED) is 0.549. The van der Waals surface area contributed by atoms with Gasteiger partial charge in [-0.1, -0.05) is 41.0 Å². The molecule has 4 aromatic rings. The number of halogens is 1. The highest BCUT2D eigenvalue weighted by molar-refractivity contribution is 6.30. The van der Waals surface area contributed by atoms with Crippen LogP contribution in [0, 0.1) is 6.92 Å². The van der Waals surface area contributed by atoms with Crippen molar-refractivity contribution in [1.29, 1.82) is 0 Å². The van der Waals surface area contributed by atoms with Gasteiger partial charge in [-0.25, -0.2) is 4.98 Å². The molecule has 0 unspecified atom stereocenters. The number of benzene rings is 2. The molecule has 2 aromatic carbocycles. The summed E-state index contributed by atoms with van der Waals surface area (Å²) in [6, 6.07) is 16.5. The van der Waals surface area contributed by atoms with Gasteiger partial charge >= 0.3 is 0 Å². The number of amides is 1. The molecule has 1 amide bonds. The zero-order chi connectivity index (χ0) is 19.5. The molecule has 0 aliphatic rings. The first kappa shape index (κ1) is 17.9. The fraction of sp³-hybridized carbons (Fsp3) is 0.100. The molecule has 0 fully saturated rings. The lowest BCUT2D eigenvalue weighted by Crippen LogP contribution is -2.19. The number of carbonyl (C=O) groups excluding carboxylic acids is 1. The Morgan fingerprint density at radius 3 is 2.75 bits per heavy atom. The van der Waals surface area contributed by atoms with Crippen LogP contribution in [0.25, 0.3) is 23.0 Å². The van der Waals surface area contributed by atoms with Crippen molar-refractivity contribution in [2.75, 3.05) is 5.32 Å². The van der Waals surface area contributed by atoms with Gasteiger partial charge in [-0.15, -0.1) is 0 Å². The van der Waals surface area contributed by atoms with Gasteiger partial charge in [0.15, 0.2) is 0 Å². The van der Waals surface area contributed by atoms with Crippen LogP contribution in [0.15, 0.2) is 65.3 Å². The summed E-state index contributed by atoms with van der Waals surface area (Å²) in [6.45, 7) is 1.92. The molecule has 0 atom stereocenters. The number of aryl methyl sites for hydroxylation is 1. The number of carbonyl (C=O) groups is 1. The topological polar surface area (TPSA) is 85.8 Å². The Hall–Kier alpha value is -3.45. The molecule has 0 saturated carbocycles. The molecule has 140 valence electrons. The first-order chi connectivity index (χ1) is 13.6. The SMILES string of the molecule is Cc1nc(-c2noc(-c3ccccc3)n2)cn1CC(=O)Nc1cccc(Cl)c1. The van der Waals surface area contributed by atoms with Crippen molar-refractivity contribution < 1.29 is 9.32 Å². The molecule has 2 heterocycles. The van der Waals surface area contributed by atoms with Crippen LogP contribution in [0.4, 0.5) is 5.69 Å². The lowest BCUT2D eigenvalue weighted by atomic mass is 10.2. The third-order valence-electron chi connectivity index (χ3n) is 4.07. The molecular weight excluding hydrogens is 378 g/mol. The number of nitrogens with zero attached hydrogens (tertiary/aromatic N) is 4. The lowest BCUT2D eigenvalue weighted by Gasteiger charge is -2.07. The molecule has 1 N–H and O–H groups in total. The number of rotatable bonds is 5. The first-order valence-electron chi connectivity index (χ1n) is 8.57. The largest absolute Gasteiger partial charge is 0.334 e. The third kappa shape index (κ3) is 3.94. The molecule has 2 aromatic heterocycles. The second-order valence-electron chi connectivity index (χ2n) is 6.15. The normalized spacial score (nSPS) is 10.8. The number of aromatic nitrogens is 4. The van der Waals surface area contributed by atoms with Gasteiger partial charge in [0.25, 0.3) is 5.89 Å². The van der Waals surface area contributed by atoms with Crippen LogP contribution in [-0.4, -0.2) is 25.6 Å². The maximum atomic E-state index is 12.3. The van der Waals surface area contributed by atoms with E-state index >= 15 is 0 Å². The maximum Gasteiger partial charge on any atom is 0.258 e. The van der Waals surface area contributed by atoms with E-state index in [9.17, 15) is 4.79 Å². The molecule has 0 bridgehead atoms. The number of hydrogen-bond donors (Lipinski definition) is 1. The van der Waals surface area contributed by atoms with Crippen molar-refractivity contribution in [3.05, 3.63) is 71.6 Å². The van der Waals surface area contributed by atoms with E-state index in [0.29, 0.717) is 33.9 Å². The van der Waals surface area contributed by atoms with Gasteiger partial charge in [0.2, 0.25) is 11.7 Å². The van der Waals surface area contributed by atoms with Gasteiger partial charge in [0.05, 0.1) is 0 Å². The molecule has 0 spiro atoms. The first-order valence-corrected chi connectivity index (χ1v) is 8.95. The van der Waals surface area contributed by atoms with Crippen molar-refractivity contribution in [2.45, 2.75) is 13.5 Å². The van der Waals surface area contributed by atoms with Crippen LogP contribution in [0.2, 0.25) is 5.02 Å². The Morgan fingerprint density at radius 1 is 1.14 bits per heavy atom. The van der Waals surface area contributed by atoms with Crippen LogP contribution in [0.5, 0.6) is 0 Å². The van der Waals surface area contributed by atoms with E-state index in [1.165, 1.54) is 0 Å². The lowest BCUT2D eigenvalue weighted by molar-refractivity contribution is -0.116. The van der Waals surface area contributed by atoms with E-state index in [1.54, 1.807) is 35.0 Å². The van der Waals surface area contributed by atoms with Gasteiger partial charge in [-0.3, -0.25) is 4.79 Å². The second-order valence-corrected chi connectivity index (χ2v) is 6.59. The highest BCUT2D eigenvalue weighted by atomic mass is 35.5. The van der Waals surface area contributed by atoms with E-state index in [4.69, 9.17) is 16.1 Å². The predicted octanol–water partition coefficient (Wildman–Crippen LogP) is 4.20. The van der Waals surface area contributed by atoms with Crippen LogP contribution < -0.4 is 5.32 Å². The maximum absolute atomic E-state index is 12.3. The summed E-state index contributed by atoms with van der Waals surface area (Å²) in [6.07, 6.45) is 1.73. The fourth-order valence-electron chi connectivity index (χ4n) is 2.72. The van der Waals surface area contributed by atoms with Crippen molar-refractivity contribution in [2.24, 2.45) is 0 Å². The van der Waals surface area contributed by atoms with E-state index < -0.39 is 0 Å². The van der Waals surface area contributed by atoms with Crippen LogP contribution in [-0.2, 0) is 11.3 Å². The molecule has 7 nitrogen and oxygen atoms in total. The molecule has 0 saturated heterocycles. The zero-order valence-electron chi connectivity index (χ0n) is 15.0. The third-order valence-corrected chi connectivity index (χ3v) is 4.31. The Balaban J connectivity index is 1.49. The number of hydrogen-bond acceptors (Lipinski definition) is 5. The van der Waals surface area contributed by atoms with E-state index in [-0.39, 0.29) is 12.5 Å². The molecular formula is C20H16ClN5O2. The summed E-state index contributed by atoms with van der Waals surface area (Å²) in [5.74, 6) is 1.27. The minimum absolute atomic E-state index is 0.106. The molecule has 0 aliphatic carbocycles. The molecule has 4 rings (SSSR count). The minimum Gasteiger partial charge on any atom is -0.334 e. The Bertz CT molecular complexity index is 1120. The van der Waals surface area contributed by atoms with Crippen molar-refractivity contribution in [3.8, 4) is 23.0 Å². The van der Waals surface area contributed by atoms with Crippen molar-refractivity contribution in [3.63, 3.8) is 0 Å². The Labute approximate surface area is 166 Å². The summed E-state index contributed by atoms with van der Waals surface area (Å²) < 4.78 is 7.05. The smallest absolute Gasteiger partial charge is 0.258 e. The van der Waals surface area contributed by atoms with Crippen LogP contribution in [0.1, 0.15) is 5.82 Å². The van der Waals surface area contributed by atoms with Gasteiger partial charge in [-0.2, -0.15) is 4.98 Å². The predicted molar refractivity (Wildman–Crippen MR) is 106 cm³/mol.